The molecule has 6 heteroatoms. The molecule has 0 unspecified atom stereocenters. The van der Waals surface area contributed by atoms with Gasteiger partial charge in [0.25, 0.3) is 0 Å². The number of imide groups is 1. The molecule has 2 amide bonds. The minimum Gasteiger partial charge on any atom is -0.349 e. The Morgan fingerprint density at radius 1 is 0.656 bits per heavy atom. The first-order valence-corrected chi connectivity index (χ1v) is 10.4. The number of para-hydroxylation sites is 1. The number of amides is 2. The Balaban J connectivity index is 1.56. The number of Topliss-reactive ketones (excluding diaryl/α,β-unsaturated/α-hetero) is 2. The fourth-order valence-corrected chi connectivity index (χ4v) is 5.29. The predicted octanol–water partition coefficient (Wildman–Crippen LogP) is 3.38. The highest BCUT2D eigenvalue weighted by Gasteiger charge is 2.74. The fourth-order valence-electron chi connectivity index (χ4n) is 5.29. The van der Waals surface area contributed by atoms with Crippen LogP contribution in [0.25, 0.3) is 0 Å². The molecule has 156 valence electrons. The maximum absolute atomic E-state index is 13.7. The van der Waals surface area contributed by atoms with E-state index in [1.54, 1.807) is 78.9 Å². The van der Waals surface area contributed by atoms with E-state index in [1.165, 1.54) is 0 Å². The highest BCUT2D eigenvalue weighted by molar-refractivity contribution is 6.37. The van der Waals surface area contributed by atoms with E-state index in [1.807, 2.05) is 6.07 Å². The van der Waals surface area contributed by atoms with Crippen LogP contribution in [0.1, 0.15) is 32.4 Å². The van der Waals surface area contributed by atoms with Crippen LogP contribution in [-0.4, -0.2) is 29.0 Å². The van der Waals surface area contributed by atoms with Gasteiger partial charge in [-0.05, 0) is 17.7 Å². The number of fused-ring (bicyclic) bond motifs is 3. The second-order valence-corrected chi connectivity index (χ2v) is 8.24. The van der Waals surface area contributed by atoms with Gasteiger partial charge in [0.15, 0.2) is 0 Å². The van der Waals surface area contributed by atoms with E-state index in [0.29, 0.717) is 11.3 Å². The summed E-state index contributed by atoms with van der Waals surface area (Å²) in [6.45, 7) is 0. The van der Waals surface area contributed by atoms with E-state index in [-0.39, 0.29) is 11.1 Å². The Kier molecular flexibility index (Phi) is 3.85. The summed E-state index contributed by atoms with van der Waals surface area (Å²) in [5.41, 5.74) is -0.529. The van der Waals surface area contributed by atoms with Crippen molar-refractivity contribution in [3.63, 3.8) is 0 Å². The van der Waals surface area contributed by atoms with Crippen LogP contribution in [0.2, 0.25) is 0 Å². The zero-order valence-electron chi connectivity index (χ0n) is 16.8. The molecule has 1 aliphatic carbocycles. The molecule has 3 atom stereocenters. The van der Waals surface area contributed by atoms with Crippen LogP contribution >= 0.6 is 0 Å². The summed E-state index contributed by atoms with van der Waals surface area (Å²) in [5.74, 6) is -4.36. The van der Waals surface area contributed by atoms with E-state index < -0.39 is 46.9 Å². The molecule has 1 spiro atoms. The summed E-state index contributed by atoms with van der Waals surface area (Å²) < 4.78 is 6.23. The maximum atomic E-state index is 13.7. The molecule has 6 rings (SSSR count). The van der Waals surface area contributed by atoms with Gasteiger partial charge in [0.05, 0.1) is 23.6 Å². The largest absolute Gasteiger partial charge is 0.349 e. The minimum atomic E-state index is -2.04. The zero-order valence-corrected chi connectivity index (χ0v) is 16.8. The standard InChI is InChI=1S/C26H17NO5/c28-22-17-13-7-8-14-18(17)23(29)26(22)20-19(21(32-26)15-9-3-1-4-10-15)24(30)27(25(20)31)16-11-5-2-6-12-16/h1-14,19-21H/t19-,20+,21-/m1/s1. The Labute approximate surface area is 183 Å². The lowest BCUT2D eigenvalue weighted by Gasteiger charge is -2.27. The van der Waals surface area contributed by atoms with Gasteiger partial charge >= 0.3 is 0 Å². The van der Waals surface area contributed by atoms with Crippen LogP contribution in [0.4, 0.5) is 5.69 Å². The SMILES string of the molecule is O=C1[C@H]2[C@@H](c3ccccc3)OC3(C(=O)c4ccccc4C3=O)[C@@H]2C(=O)N1c1ccccc1. The molecule has 0 radical (unpaired) electrons. The molecule has 0 aromatic heterocycles. The zero-order chi connectivity index (χ0) is 22.0. The number of hydrogen-bond donors (Lipinski definition) is 0. The molecule has 6 nitrogen and oxygen atoms in total. The molecule has 32 heavy (non-hydrogen) atoms. The first-order chi connectivity index (χ1) is 15.6. The van der Waals surface area contributed by atoms with Crippen molar-refractivity contribution >= 4 is 29.1 Å². The molecular formula is C26H17NO5. The third-order valence-electron chi connectivity index (χ3n) is 6.66. The number of ketones is 2. The lowest BCUT2D eigenvalue weighted by Crippen LogP contribution is -2.51. The van der Waals surface area contributed by atoms with Crippen molar-refractivity contribution < 1.29 is 23.9 Å². The molecule has 2 saturated heterocycles. The number of hydrogen-bond acceptors (Lipinski definition) is 5. The van der Waals surface area contributed by atoms with Gasteiger partial charge < -0.3 is 4.74 Å². The molecular weight excluding hydrogens is 406 g/mol. The van der Waals surface area contributed by atoms with Gasteiger partial charge in [-0.25, -0.2) is 4.90 Å². The first-order valence-electron chi connectivity index (χ1n) is 10.4. The normalized spacial score (nSPS) is 25.5. The van der Waals surface area contributed by atoms with Crippen LogP contribution < -0.4 is 4.90 Å². The van der Waals surface area contributed by atoms with Gasteiger partial charge in [-0.15, -0.1) is 0 Å². The summed E-state index contributed by atoms with van der Waals surface area (Å²) in [5, 5.41) is 0. The van der Waals surface area contributed by atoms with E-state index in [9.17, 15) is 19.2 Å². The molecule has 3 aromatic carbocycles. The number of benzene rings is 3. The number of rotatable bonds is 2. The molecule has 0 saturated carbocycles. The lowest BCUT2D eigenvalue weighted by molar-refractivity contribution is -0.127. The Bertz CT molecular complexity index is 1270. The maximum Gasteiger partial charge on any atom is 0.241 e. The van der Waals surface area contributed by atoms with E-state index >= 15 is 0 Å². The fraction of sp³-hybridized carbons (Fsp3) is 0.154. The van der Waals surface area contributed by atoms with Crippen molar-refractivity contribution in [2.24, 2.45) is 11.8 Å². The van der Waals surface area contributed by atoms with Crippen LogP contribution in [0.5, 0.6) is 0 Å². The number of carbonyl (C=O) groups is 4. The molecule has 0 bridgehead atoms. The average molecular weight is 423 g/mol. The molecule has 3 aromatic rings. The van der Waals surface area contributed by atoms with E-state index in [4.69, 9.17) is 4.74 Å². The predicted molar refractivity (Wildman–Crippen MR) is 114 cm³/mol. The van der Waals surface area contributed by atoms with Gasteiger partial charge in [0.2, 0.25) is 29.0 Å². The van der Waals surface area contributed by atoms with Gasteiger partial charge in [-0.2, -0.15) is 0 Å². The Morgan fingerprint density at radius 2 is 1.19 bits per heavy atom. The van der Waals surface area contributed by atoms with Crippen molar-refractivity contribution in [2.45, 2.75) is 11.7 Å². The van der Waals surface area contributed by atoms with Crippen LogP contribution in [-0.2, 0) is 14.3 Å². The van der Waals surface area contributed by atoms with E-state index in [2.05, 4.69) is 0 Å². The number of anilines is 1. The second-order valence-electron chi connectivity index (χ2n) is 8.24. The summed E-state index contributed by atoms with van der Waals surface area (Å²) >= 11 is 0. The second kappa shape index (κ2) is 6.55. The first kappa shape index (κ1) is 18.8. The molecule has 2 aliphatic heterocycles. The summed E-state index contributed by atoms with van der Waals surface area (Å²) in [4.78, 5) is 55.6. The highest BCUT2D eigenvalue weighted by Crippen LogP contribution is 2.57. The van der Waals surface area contributed by atoms with Crippen molar-refractivity contribution in [3.05, 3.63) is 102 Å². The van der Waals surface area contributed by atoms with Crippen LogP contribution in [0.3, 0.4) is 0 Å². The third kappa shape index (κ3) is 2.22. The van der Waals surface area contributed by atoms with Crippen molar-refractivity contribution in [1.82, 2.24) is 0 Å². The molecule has 2 fully saturated rings. The van der Waals surface area contributed by atoms with Gasteiger partial charge in [-0.1, -0.05) is 72.8 Å². The Morgan fingerprint density at radius 3 is 1.78 bits per heavy atom. The van der Waals surface area contributed by atoms with Crippen molar-refractivity contribution in [3.8, 4) is 0 Å². The molecule has 0 N–H and O–H groups in total. The smallest absolute Gasteiger partial charge is 0.241 e. The van der Waals surface area contributed by atoms with Gasteiger partial charge in [-0.3, -0.25) is 19.2 Å². The minimum absolute atomic E-state index is 0.225. The highest BCUT2D eigenvalue weighted by atomic mass is 16.5. The van der Waals surface area contributed by atoms with Crippen molar-refractivity contribution in [2.75, 3.05) is 4.90 Å². The van der Waals surface area contributed by atoms with Crippen molar-refractivity contribution in [1.29, 1.82) is 0 Å². The third-order valence-corrected chi connectivity index (χ3v) is 6.66. The average Bonchev–Trinajstić information content (AvgIpc) is 3.40. The van der Waals surface area contributed by atoms with Gasteiger partial charge in [0, 0.05) is 11.1 Å². The Hall–Kier alpha value is -3.90. The molecule has 3 aliphatic rings. The number of nitrogens with zero attached hydrogens (tertiary/aromatic N) is 1. The monoisotopic (exact) mass is 423 g/mol. The summed E-state index contributed by atoms with van der Waals surface area (Å²) in [7, 11) is 0. The number of ether oxygens (including phenoxy) is 1. The summed E-state index contributed by atoms with van der Waals surface area (Å²) in [6, 6.07) is 24.0. The lowest BCUT2D eigenvalue weighted by atomic mass is 9.77. The number of carbonyl (C=O) groups excluding carboxylic acids is 4. The topological polar surface area (TPSA) is 80.8 Å². The van der Waals surface area contributed by atoms with Crippen LogP contribution in [0.15, 0.2) is 84.9 Å². The quantitative estimate of drug-likeness (QED) is 0.466. The molecule has 2 heterocycles. The van der Waals surface area contributed by atoms with Gasteiger partial charge in [0.1, 0.15) is 0 Å². The van der Waals surface area contributed by atoms with Crippen LogP contribution in [0, 0.1) is 11.8 Å². The van der Waals surface area contributed by atoms with E-state index in [0.717, 1.165) is 4.90 Å². The summed E-state index contributed by atoms with van der Waals surface area (Å²) in [6.07, 6.45) is -0.895.